The van der Waals surface area contributed by atoms with Crippen molar-refractivity contribution in [3.63, 3.8) is 0 Å². The number of benzene rings is 1. The van der Waals surface area contributed by atoms with Gasteiger partial charge in [-0.1, -0.05) is 5.11 Å². The average Bonchev–Trinajstić information content (AvgIpc) is 2.83. The van der Waals surface area contributed by atoms with Crippen LogP contribution in [0, 0.1) is 10.1 Å². The Morgan fingerprint density at radius 2 is 1.97 bits per heavy atom. The number of esters is 2. The Labute approximate surface area is 214 Å². The summed E-state index contributed by atoms with van der Waals surface area (Å²) >= 11 is 0.817. The summed E-state index contributed by atoms with van der Waals surface area (Å²) < 4.78 is 45.5. The smallest absolute Gasteiger partial charge is 0.332 e. The molecule has 1 aromatic carbocycles. The van der Waals surface area contributed by atoms with Gasteiger partial charge in [-0.05, 0) is 23.2 Å². The fourth-order valence-electron chi connectivity index (χ4n) is 3.95. The van der Waals surface area contributed by atoms with Crippen LogP contribution in [-0.2, 0) is 49.5 Å². The minimum Gasteiger partial charge on any atom is -0.463 e. The van der Waals surface area contributed by atoms with Gasteiger partial charge in [0.2, 0.25) is 11.0 Å². The van der Waals surface area contributed by atoms with Crippen LogP contribution in [0.5, 0.6) is 0 Å². The highest BCUT2D eigenvalue weighted by atomic mass is 32.2. The second-order valence-corrected chi connectivity index (χ2v) is 10.7. The van der Waals surface area contributed by atoms with Crippen LogP contribution in [0.2, 0.25) is 0 Å². The molecule has 3 rings (SSSR count). The Hall–Kier alpha value is -3.44. The highest BCUT2D eigenvalue weighted by Crippen LogP contribution is 2.54. The number of rotatable bonds is 10. The number of β-lactam (4-membered cyclic amide) rings is 1. The van der Waals surface area contributed by atoms with E-state index in [1.54, 1.807) is 0 Å². The zero-order valence-corrected chi connectivity index (χ0v) is 21.3. The van der Waals surface area contributed by atoms with Gasteiger partial charge in [0.15, 0.2) is 17.7 Å². The van der Waals surface area contributed by atoms with Gasteiger partial charge in [0.05, 0.1) is 11.2 Å². The number of methoxy groups -OCH3 is 1. The largest absolute Gasteiger partial charge is 0.463 e. The van der Waals surface area contributed by atoms with E-state index in [1.807, 2.05) is 0 Å². The Bertz CT molecular complexity index is 1270. The second kappa shape index (κ2) is 10.5. The second-order valence-electron chi connectivity index (χ2n) is 8.01. The first-order chi connectivity index (χ1) is 17.3. The number of fused-ring (bicyclic) bond motifs is 1. The van der Waals surface area contributed by atoms with E-state index >= 15 is 0 Å². The molecular weight excluding hydrogens is 538 g/mol. The number of carbonyl (C=O) groups excluding carboxylic acids is 3. The van der Waals surface area contributed by atoms with Crippen molar-refractivity contribution in [3.8, 4) is 0 Å². The molecule has 2 fully saturated rings. The lowest BCUT2D eigenvalue weighted by Crippen LogP contribution is -2.83. The third-order valence-corrected chi connectivity index (χ3v) is 7.75. The van der Waals surface area contributed by atoms with Crippen molar-refractivity contribution < 1.29 is 46.1 Å². The van der Waals surface area contributed by atoms with Gasteiger partial charge >= 0.3 is 11.9 Å². The highest BCUT2D eigenvalue weighted by Gasteiger charge is 2.73. The molecule has 3 unspecified atom stereocenters. The van der Waals surface area contributed by atoms with Crippen molar-refractivity contribution in [2.24, 2.45) is 5.11 Å². The molecule has 0 bridgehead atoms. The van der Waals surface area contributed by atoms with Crippen molar-refractivity contribution >= 4 is 45.4 Å². The predicted octanol–water partition coefficient (Wildman–Crippen LogP) is 0.853. The van der Waals surface area contributed by atoms with E-state index in [2.05, 4.69) is 10.0 Å². The van der Waals surface area contributed by atoms with Crippen LogP contribution in [-0.4, -0.2) is 84.6 Å². The summed E-state index contributed by atoms with van der Waals surface area (Å²) in [5.41, 5.74) is 6.91. The maximum Gasteiger partial charge on any atom is 0.332 e. The van der Waals surface area contributed by atoms with Crippen LogP contribution in [0.25, 0.3) is 10.4 Å². The molecule has 2 saturated heterocycles. The zero-order chi connectivity index (χ0) is 27.6. The highest BCUT2D eigenvalue weighted by molar-refractivity contribution is 8.00. The first kappa shape index (κ1) is 28.1. The van der Waals surface area contributed by atoms with Crippen molar-refractivity contribution in [1.29, 1.82) is 0 Å². The van der Waals surface area contributed by atoms with Crippen LogP contribution in [0.1, 0.15) is 12.5 Å². The number of hydrogen-bond acceptors (Lipinski definition) is 13. The monoisotopic (exact) mass is 559 g/mol. The number of thioether (sulfide) groups is 1. The molecule has 16 nitrogen and oxygen atoms in total. The molecular formula is C19H21N5O11S2. The van der Waals surface area contributed by atoms with Crippen molar-refractivity contribution in [2.45, 2.75) is 36.3 Å². The molecule has 2 heterocycles. The molecule has 0 aliphatic carbocycles. The summed E-state index contributed by atoms with van der Waals surface area (Å²) in [4.78, 5) is 51.8. The number of amides is 1. The first-order valence-electron chi connectivity index (χ1n) is 10.3. The number of nitrogens with zero attached hydrogens (tertiary/aromatic N) is 5. The van der Waals surface area contributed by atoms with Gasteiger partial charge in [-0.25, -0.2) is 4.79 Å². The molecule has 0 spiro atoms. The number of ether oxygens (including phenoxy) is 3. The minimum atomic E-state index is -4.30. The summed E-state index contributed by atoms with van der Waals surface area (Å²) in [7, 11) is -3.10. The van der Waals surface area contributed by atoms with Crippen molar-refractivity contribution in [1.82, 2.24) is 4.90 Å². The fourth-order valence-corrected chi connectivity index (χ4v) is 6.34. The molecule has 0 aromatic heterocycles. The molecule has 0 N–H and O–H groups in total. The Morgan fingerprint density at radius 1 is 1.32 bits per heavy atom. The van der Waals surface area contributed by atoms with Gasteiger partial charge in [-0.3, -0.25) is 28.8 Å². The summed E-state index contributed by atoms with van der Waals surface area (Å²) in [5, 5.41) is 12.6. The molecule has 4 atom stereocenters. The van der Waals surface area contributed by atoms with Gasteiger partial charge in [0, 0.05) is 36.8 Å². The number of non-ortho nitro benzene ring substituents is 1. The van der Waals surface area contributed by atoms with Gasteiger partial charge < -0.3 is 14.2 Å². The molecule has 1 amide bonds. The van der Waals surface area contributed by atoms with E-state index in [0.29, 0.717) is 11.8 Å². The number of carbonyl (C=O) groups is 3. The van der Waals surface area contributed by atoms with Gasteiger partial charge in [0.1, 0.15) is 13.2 Å². The van der Waals surface area contributed by atoms with Crippen molar-refractivity contribution in [3.05, 3.63) is 50.4 Å². The third-order valence-electron chi connectivity index (χ3n) is 5.48. The van der Waals surface area contributed by atoms with E-state index < -0.39 is 68.8 Å². The van der Waals surface area contributed by atoms with Gasteiger partial charge in [-0.2, -0.15) is 8.42 Å². The number of nitro groups is 1. The topological polar surface area (TPSA) is 217 Å². The number of azide groups is 1. The Morgan fingerprint density at radius 3 is 2.49 bits per heavy atom. The first-order valence-corrected chi connectivity index (χ1v) is 13.1. The summed E-state index contributed by atoms with van der Waals surface area (Å²) in [6.07, 6.45) is 0.714. The molecule has 37 heavy (non-hydrogen) atoms. The lowest BCUT2D eigenvalue weighted by Gasteiger charge is -2.62. The van der Waals surface area contributed by atoms with Crippen LogP contribution in [0.15, 0.2) is 29.4 Å². The maximum atomic E-state index is 13.4. The molecule has 0 radical (unpaired) electrons. The number of hydrogen-bond donors (Lipinski definition) is 0. The SMILES string of the molecule is CO[C@]12SCC(COC(C)=O)(OS(C)(=O)=O)C(C(=O)OCc3ccc([N+](=O)[O-])cc3)N1C(=O)C2N=[N+]=[N-]. The van der Waals surface area contributed by atoms with E-state index in [4.69, 9.17) is 23.9 Å². The molecule has 2 aliphatic heterocycles. The Kier molecular flexibility index (Phi) is 7.99. The molecule has 1 aromatic rings. The minimum absolute atomic E-state index is 0.193. The predicted molar refractivity (Wildman–Crippen MR) is 124 cm³/mol. The lowest BCUT2D eigenvalue weighted by molar-refractivity contribution is -0.384. The standard InChI is InChI=1S/C19H21N5O11S2/c1-11(25)34-9-18(35-37(3,30)31)10-36-19(32-2)14(21-22-20)16(26)23(19)15(18)17(27)33-8-12-4-6-13(7-5-12)24(28)29/h4-7,14-15H,8-10H2,1-3H3/t14?,15?,18?,19-/m1/s1. The van der Waals surface area contributed by atoms with Crippen LogP contribution in [0.3, 0.4) is 0 Å². The summed E-state index contributed by atoms with van der Waals surface area (Å²) in [6, 6.07) is 1.86. The Balaban J connectivity index is 2.02. The van der Waals surface area contributed by atoms with Crippen molar-refractivity contribution in [2.75, 3.05) is 25.7 Å². The third kappa shape index (κ3) is 5.47. The summed E-state index contributed by atoms with van der Waals surface area (Å²) in [5.74, 6) is -3.21. The quantitative estimate of drug-likeness (QED) is 0.0569. The lowest BCUT2D eigenvalue weighted by atomic mass is 9.89. The van der Waals surface area contributed by atoms with E-state index in [9.17, 15) is 32.9 Å². The van der Waals surface area contributed by atoms with Gasteiger partial charge in [-0.15, -0.1) is 11.8 Å². The normalized spacial score (nSPS) is 26.8. The van der Waals surface area contributed by atoms with Crippen LogP contribution >= 0.6 is 11.8 Å². The van der Waals surface area contributed by atoms with E-state index in [-0.39, 0.29) is 11.4 Å². The average molecular weight is 560 g/mol. The molecule has 200 valence electrons. The van der Waals surface area contributed by atoms with E-state index in [0.717, 1.165) is 23.6 Å². The summed E-state index contributed by atoms with van der Waals surface area (Å²) in [6.45, 7) is -0.113. The van der Waals surface area contributed by atoms with Crippen LogP contribution < -0.4 is 0 Å². The van der Waals surface area contributed by atoms with Crippen LogP contribution in [0.4, 0.5) is 5.69 Å². The van der Waals surface area contributed by atoms with E-state index in [1.165, 1.54) is 31.4 Å². The number of nitro benzene ring substituents is 1. The van der Waals surface area contributed by atoms with Gasteiger partial charge in [0.25, 0.3) is 15.8 Å². The molecule has 0 saturated carbocycles. The molecule has 18 heteroatoms. The molecule has 2 aliphatic rings. The fraction of sp³-hybridized carbons (Fsp3) is 0.526. The maximum absolute atomic E-state index is 13.4. The zero-order valence-electron chi connectivity index (χ0n) is 19.6.